The number of sulfonamides is 1. The zero-order chi connectivity index (χ0) is 22.7. The molecule has 0 bridgehead atoms. The first-order valence-electron chi connectivity index (χ1n) is 11.2. The summed E-state index contributed by atoms with van der Waals surface area (Å²) in [5.41, 5.74) is 0.985. The van der Waals surface area contributed by atoms with Gasteiger partial charge in [-0.1, -0.05) is 19.0 Å². The lowest BCUT2D eigenvalue weighted by Crippen LogP contribution is -2.48. The Labute approximate surface area is 189 Å². The topological polar surface area (TPSA) is 105 Å². The van der Waals surface area contributed by atoms with Crippen molar-refractivity contribution in [1.29, 1.82) is 0 Å². The van der Waals surface area contributed by atoms with Gasteiger partial charge in [0.05, 0.1) is 24.7 Å². The van der Waals surface area contributed by atoms with E-state index in [1.165, 1.54) is 10.6 Å². The van der Waals surface area contributed by atoms with Gasteiger partial charge in [-0.25, -0.2) is 13.4 Å². The summed E-state index contributed by atoms with van der Waals surface area (Å²) in [6.07, 6.45) is 5.06. The molecule has 0 N–H and O–H groups in total. The van der Waals surface area contributed by atoms with Crippen LogP contribution in [0.4, 0.5) is 11.7 Å². The number of hydrogen-bond acceptors (Lipinski definition) is 9. The van der Waals surface area contributed by atoms with Gasteiger partial charge in [-0.05, 0) is 24.8 Å². The van der Waals surface area contributed by atoms with Crippen LogP contribution >= 0.6 is 0 Å². The Morgan fingerprint density at radius 2 is 1.81 bits per heavy atom. The molecule has 2 aliphatic rings. The number of piperidine rings is 1. The van der Waals surface area contributed by atoms with E-state index in [0.29, 0.717) is 50.6 Å². The van der Waals surface area contributed by atoms with Crippen molar-refractivity contribution in [3.63, 3.8) is 0 Å². The lowest BCUT2D eigenvalue weighted by atomic mass is 9.98. The fourth-order valence-electron chi connectivity index (χ4n) is 4.01. The molecule has 0 unspecified atom stereocenters. The van der Waals surface area contributed by atoms with E-state index in [1.54, 1.807) is 6.20 Å². The van der Waals surface area contributed by atoms with Crippen LogP contribution in [0.15, 0.2) is 22.9 Å². The fraction of sp³-hybridized carbons (Fsp3) is 0.667. The van der Waals surface area contributed by atoms with Crippen LogP contribution in [0.1, 0.15) is 38.4 Å². The Hall–Kier alpha value is -2.40. The molecule has 0 radical (unpaired) electrons. The molecule has 0 saturated carbocycles. The molecule has 2 aromatic heterocycles. The Morgan fingerprint density at radius 1 is 1.09 bits per heavy atom. The van der Waals surface area contributed by atoms with Gasteiger partial charge in [-0.2, -0.15) is 9.29 Å². The molecule has 0 amide bonds. The first kappa shape index (κ1) is 22.8. The summed E-state index contributed by atoms with van der Waals surface area (Å²) in [7, 11) is -3.12. The van der Waals surface area contributed by atoms with E-state index in [9.17, 15) is 8.42 Å². The van der Waals surface area contributed by atoms with Crippen molar-refractivity contribution in [3.8, 4) is 5.88 Å². The molecule has 2 aliphatic heterocycles. The Morgan fingerprint density at radius 3 is 2.38 bits per heavy atom. The zero-order valence-corrected chi connectivity index (χ0v) is 19.8. The van der Waals surface area contributed by atoms with E-state index in [-0.39, 0.29) is 5.92 Å². The standard InChI is InChI=1S/C21H32N6O4S/c1-16(2)20-23-21(31-24-20)26-8-6-17(7-9-26)15-30-19-5-4-18(14-22-19)25-10-12-27(13-11-25)32(3,28)29/h4-5,14,16-17H,6-13,15H2,1-3H3. The van der Waals surface area contributed by atoms with Crippen molar-refractivity contribution in [2.24, 2.45) is 5.92 Å². The van der Waals surface area contributed by atoms with Crippen LogP contribution in [0, 0.1) is 5.92 Å². The maximum atomic E-state index is 11.7. The molecule has 2 fully saturated rings. The molecule has 2 aromatic rings. The van der Waals surface area contributed by atoms with E-state index in [4.69, 9.17) is 9.26 Å². The van der Waals surface area contributed by atoms with Crippen LogP contribution in [-0.2, 0) is 10.0 Å². The quantitative estimate of drug-likeness (QED) is 0.608. The predicted octanol–water partition coefficient (Wildman–Crippen LogP) is 1.96. The van der Waals surface area contributed by atoms with E-state index >= 15 is 0 Å². The summed E-state index contributed by atoms with van der Waals surface area (Å²) in [6.45, 7) is 8.80. The zero-order valence-electron chi connectivity index (χ0n) is 19.0. The molecule has 0 atom stereocenters. The van der Waals surface area contributed by atoms with Gasteiger partial charge >= 0.3 is 6.01 Å². The lowest BCUT2D eigenvalue weighted by Gasteiger charge is -2.34. The minimum Gasteiger partial charge on any atom is -0.477 e. The number of anilines is 2. The summed E-state index contributed by atoms with van der Waals surface area (Å²) >= 11 is 0. The number of piperazine rings is 1. The second-order valence-electron chi connectivity index (χ2n) is 8.84. The Balaban J connectivity index is 1.21. The Bertz CT molecular complexity index is 978. The fourth-order valence-corrected chi connectivity index (χ4v) is 4.83. The first-order valence-corrected chi connectivity index (χ1v) is 13.0. The van der Waals surface area contributed by atoms with Gasteiger partial charge in [0.2, 0.25) is 15.9 Å². The molecule has 4 rings (SSSR count). The molecule has 0 aliphatic carbocycles. The maximum absolute atomic E-state index is 11.7. The van der Waals surface area contributed by atoms with Crippen molar-refractivity contribution < 1.29 is 17.7 Å². The van der Waals surface area contributed by atoms with Gasteiger partial charge in [0.25, 0.3) is 0 Å². The van der Waals surface area contributed by atoms with Crippen LogP contribution in [0.2, 0.25) is 0 Å². The summed E-state index contributed by atoms with van der Waals surface area (Å²) < 4.78 is 36.2. The molecular weight excluding hydrogens is 432 g/mol. The highest BCUT2D eigenvalue weighted by atomic mass is 32.2. The van der Waals surface area contributed by atoms with E-state index in [2.05, 4.69) is 38.8 Å². The van der Waals surface area contributed by atoms with Crippen molar-refractivity contribution in [3.05, 3.63) is 24.2 Å². The van der Waals surface area contributed by atoms with Crippen LogP contribution in [0.5, 0.6) is 5.88 Å². The second-order valence-corrected chi connectivity index (χ2v) is 10.8. The largest absolute Gasteiger partial charge is 0.477 e. The highest BCUT2D eigenvalue weighted by Gasteiger charge is 2.25. The molecule has 0 aromatic carbocycles. The molecule has 176 valence electrons. The minimum atomic E-state index is -3.12. The highest BCUT2D eigenvalue weighted by molar-refractivity contribution is 7.88. The van der Waals surface area contributed by atoms with Gasteiger partial charge in [0.15, 0.2) is 5.82 Å². The summed E-state index contributed by atoms with van der Waals surface area (Å²) in [5.74, 6) is 2.08. The van der Waals surface area contributed by atoms with E-state index in [1.807, 2.05) is 12.1 Å². The molecule has 0 spiro atoms. The minimum absolute atomic E-state index is 0.259. The van der Waals surface area contributed by atoms with Crippen LogP contribution in [0.3, 0.4) is 0 Å². The number of hydrogen-bond donors (Lipinski definition) is 0. The predicted molar refractivity (Wildman–Crippen MR) is 122 cm³/mol. The normalized spacial score (nSPS) is 19.0. The summed E-state index contributed by atoms with van der Waals surface area (Å²) in [4.78, 5) is 13.2. The third-order valence-corrected chi connectivity index (χ3v) is 7.40. The van der Waals surface area contributed by atoms with Gasteiger partial charge < -0.3 is 19.1 Å². The van der Waals surface area contributed by atoms with E-state index in [0.717, 1.165) is 37.4 Å². The van der Waals surface area contributed by atoms with Gasteiger partial charge in [-0.15, -0.1) is 0 Å². The first-order chi connectivity index (χ1) is 15.3. The Kier molecular flexibility index (Phi) is 6.85. The third kappa shape index (κ3) is 5.50. The smallest absolute Gasteiger partial charge is 0.324 e. The molecule has 10 nitrogen and oxygen atoms in total. The second kappa shape index (κ2) is 9.62. The van der Waals surface area contributed by atoms with E-state index < -0.39 is 10.0 Å². The lowest BCUT2D eigenvalue weighted by molar-refractivity contribution is 0.213. The third-order valence-electron chi connectivity index (χ3n) is 6.09. The number of rotatable bonds is 7. The SMILES string of the molecule is CC(C)c1noc(N2CCC(COc3ccc(N4CCN(S(C)(=O)=O)CC4)cn3)CC2)n1. The molecular formula is C21H32N6O4S. The summed E-state index contributed by atoms with van der Waals surface area (Å²) in [6, 6.07) is 4.49. The van der Waals surface area contributed by atoms with Crippen molar-refractivity contribution in [2.75, 3.05) is 61.9 Å². The van der Waals surface area contributed by atoms with Gasteiger partial charge in [0, 0.05) is 51.3 Å². The number of pyridine rings is 1. The number of aromatic nitrogens is 3. The molecule has 32 heavy (non-hydrogen) atoms. The maximum Gasteiger partial charge on any atom is 0.324 e. The molecule has 4 heterocycles. The monoisotopic (exact) mass is 464 g/mol. The van der Waals surface area contributed by atoms with Gasteiger partial charge in [-0.3, -0.25) is 0 Å². The van der Waals surface area contributed by atoms with Crippen LogP contribution in [-0.4, -0.2) is 80.0 Å². The van der Waals surface area contributed by atoms with Crippen LogP contribution < -0.4 is 14.5 Å². The molecule has 2 saturated heterocycles. The number of nitrogens with zero attached hydrogens (tertiary/aromatic N) is 6. The van der Waals surface area contributed by atoms with Crippen molar-refractivity contribution >= 4 is 21.7 Å². The average molecular weight is 465 g/mol. The van der Waals surface area contributed by atoms with Crippen LogP contribution in [0.25, 0.3) is 0 Å². The van der Waals surface area contributed by atoms with Gasteiger partial charge in [0.1, 0.15) is 0 Å². The van der Waals surface area contributed by atoms with Crippen molar-refractivity contribution in [1.82, 2.24) is 19.4 Å². The highest BCUT2D eigenvalue weighted by Crippen LogP contribution is 2.25. The number of ether oxygens (including phenoxy) is 1. The molecule has 11 heteroatoms. The summed E-state index contributed by atoms with van der Waals surface area (Å²) in [5, 5.41) is 4.05. The van der Waals surface area contributed by atoms with Crippen molar-refractivity contribution in [2.45, 2.75) is 32.6 Å². The average Bonchev–Trinajstić information content (AvgIpc) is 3.29.